The van der Waals surface area contributed by atoms with Gasteiger partial charge in [0.1, 0.15) is 0 Å². The fourth-order valence-corrected chi connectivity index (χ4v) is 2.68. The second kappa shape index (κ2) is 5.09. The van der Waals surface area contributed by atoms with E-state index in [1.54, 1.807) is 18.0 Å². The monoisotopic (exact) mass is 280 g/mol. The van der Waals surface area contributed by atoms with E-state index in [2.05, 4.69) is 36.5 Å². The molecule has 20 heavy (non-hydrogen) atoms. The number of hydrogen-bond acceptors (Lipinski definition) is 3. The van der Waals surface area contributed by atoms with Crippen molar-refractivity contribution in [3.05, 3.63) is 18.0 Å². The van der Waals surface area contributed by atoms with Gasteiger partial charge in [0.25, 0.3) is 0 Å². The van der Waals surface area contributed by atoms with Crippen molar-refractivity contribution in [2.75, 3.05) is 7.11 Å². The molecule has 6 nitrogen and oxygen atoms in total. The van der Waals surface area contributed by atoms with Crippen molar-refractivity contribution in [1.82, 2.24) is 20.4 Å². The molecular weight excluding hydrogens is 256 g/mol. The number of rotatable bonds is 4. The summed E-state index contributed by atoms with van der Waals surface area (Å²) in [4.78, 5) is 11.9. The number of hydrogen-bond donors (Lipinski definition) is 2. The summed E-state index contributed by atoms with van der Waals surface area (Å²) < 4.78 is 7.27. The van der Waals surface area contributed by atoms with Crippen LogP contribution >= 0.6 is 0 Å². The Morgan fingerprint density at radius 1 is 1.55 bits per heavy atom. The number of methoxy groups -OCH3 is 1. The van der Waals surface area contributed by atoms with Gasteiger partial charge >= 0.3 is 6.03 Å². The van der Waals surface area contributed by atoms with E-state index >= 15 is 0 Å². The Balaban J connectivity index is 1.81. The molecule has 2 rings (SSSR count). The SMILES string of the molecule is COC1(C)CC(NC(=O)NCc2cnn(C)c2)C1(C)C. The molecule has 2 N–H and O–H groups in total. The number of aryl methyl sites for hydroxylation is 1. The van der Waals surface area contributed by atoms with E-state index in [0.717, 1.165) is 12.0 Å². The molecule has 2 unspecified atom stereocenters. The van der Waals surface area contributed by atoms with Gasteiger partial charge in [-0.2, -0.15) is 5.10 Å². The second-order valence-electron chi connectivity index (χ2n) is 6.26. The Hall–Kier alpha value is -1.56. The lowest BCUT2D eigenvalue weighted by Gasteiger charge is -2.59. The Morgan fingerprint density at radius 2 is 2.25 bits per heavy atom. The molecule has 0 aliphatic heterocycles. The number of ether oxygens (including phenoxy) is 1. The van der Waals surface area contributed by atoms with E-state index in [9.17, 15) is 4.79 Å². The third-order valence-electron chi connectivity index (χ3n) is 4.80. The highest BCUT2D eigenvalue weighted by Crippen LogP contribution is 2.51. The fraction of sp³-hybridized carbons (Fsp3) is 0.714. The van der Waals surface area contributed by atoms with Crippen molar-refractivity contribution in [2.45, 2.75) is 45.4 Å². The van der Waals surface area contributed by atoms with Gasteiger partial charge in [0, 0.05) is 43.9 Å². The maximum Gasteiger partial charge on any atom is 0.315 e. The van der Waals surface area contributed by atoms with Crippen molar-refractivity contribution in [1.29, 1.82) is 0 Å². The second-order valence-corrected chi connectivity index (χ2v) is 6.26. The van der Waals surface area contributed by atoms with Crippen molar-refractivity contribution in [3.8, 4) is 0 Å². The zero-order valence-corrected chi connectivity index (χ0v) is 12.9. The molecule has 2 atom stereocenters. The van der Waals surface area contributed by atoms with Gasteiger partial charge in [-0.25, -0.2) is 4.79 Å². The summed E-state index contributed by atoms with van der Waals surface area (Å²) in [6.07, 6.45) is 4.46. The van der Waals surface area contributed by atoms with Gasteiger partial charge in [-0.15, -0.1) is 0 Å². The molecule has 1 heterocycles. The molecule has 6 heteroatoms. The van der Waals surface area contributed by atoms with E-state index in [1.165, 1.54) is 0 Å². The lowest BCUT2D eigenvalue weighted by molar-refractivity contribution is -0.177. The van der Waals surface area contributed by atoms with Crippen molar-refractivity contribution in [3.63, 3.8) is 0 Å². The van der Waals surface area contributed by atoms with Crippen LogP contribution in [0.15, 0.2) is 12.4 Å². The van der Waals surface area contributed by atoms with E-state index in [-0.39, 0.29) is 23.1 Å². The van der Waals surface area contributed by atoms with Crippen LogP contribution < -0.4 is 10.6 Å². The molecule has 0 aromatic carbocycles. The van der Waals surface area contributed by atoms with Crippen LogP contribution in [-0.2, 0) is 18.3 Å². The molecule has 1 aromatic heterocycles. The lowest BCUT2D eigenvalue weighted by atomic mass is 9.56. The fourth-order valence-electron chi connectivity index (χ4n) is 2.68. The molecule has 2 amide bonds. The Kier molecular flexibility index (Phi) is 3.77. The summed E-state index contributed by atoms with van der Waals surface area (Å²) in [7, 11) is 3.58. The molecule has 112 valence electrons. The van der Waals surface area contributed by atoms with E-state index in [1.807, 2.05) is 13.2 Å². The molecule has 0 radical (unpaired) electrons. The maximum absolute atomic E-state index is 11.9. The summed E-state index contributed by atoms with van der Waals surface area (Å²) >= 11 is 0. The molecule has 1 aliphatic carbocycles. The highest BCUT2D eigenvalue weighted by atomic mass is 16.5. The minimum Gasteiger partial charge on any atom is -0.378 e. The van der Waals surface area contributed by atoms with Gasteiger partial charge in [-0.05, 0) is 13.3 Å². The summed E-state index contributed by atoms with van der Waals surface area (Å²) in [6, 6.07) is -0.0218. The minimum absolute atomic E-state index is 0.0760. The van der Waals surface area contributed by atoms with Crippen LogP contribution in [0.4, 0.5) is 4.79 Å². The first-order valence-electron chi connectivity index (χ1n) is 6.85. The van der Waals surface area contributed by atoms with E-state index in [0.29, 0.717) is 6.54 Å². The summed E-state index contributed by atoms with van der Waals surface area (Å²) in [5, 5.41) is 9.93. The summed E-state index contributed by atoms with van der Waals surface area (Å²) in [5.74, 6) is 0. The predicted molar refractivity (Wildman–Crippen MR) is 76.2 cm³/mol. The molecule has 0 bridgehead atoms. The summed E-state index contributed by atoms with van der Waals surface area (Å²) in [6.45, 7) is 6.80. The Labute approximate surface area is 119 Å². The van der Waals surface area contributed by atoms with Crippen LogP contribution in [-0.4, -0.2) is 34.6 Å². The first-order valence-corrected chi connectivity index (χ1v) is 6.85. The maximum atomic E-state index is 11.9. The number of nitrogens with one attached hydrogen (secondary N) is 2. The quantitative estimate of drug-likeness (QED) is 0.876. The largest absolute Gasteiger partial charge is 0.378 e. The number of carbonyl (C=O) groups excluding carboxylic acids is 1. The van der Waals surface area contributed by atoms with Crippen LogP contribution in [0.3, 0.4) is 0 Å². The van der Waals surface area contributed by atoms with E-state index in [4.69, 9.17) is 4.74 Å². The normalized spacial score (nSPS) is 27.8. The number of aromatic nitrogens is 2. The number of urea groups is 1. The Morgan fingerprint density at radius 3 is 2.75 bits per heavy atom. The molecule has 1 fully saturated rings. The van der Waals surface area contributed by atoms with Gasteiger partial charge in [0.05, 0.1) is 11.8 Å². The van der Waals surface area contributed by atoms with Crippen LogP contribution in [0.2, 0.25) is 0 Å². The average molecular weight is 280 g/mol. The number of nitrogens with zero attached hydrogens (tertiary/aromatic N) is 2. The van der Waals surface area contributed by atoms with Gasteiger partial charge in [0.15, 0.2) is 0 Å². The summed E-state index contributed by atoms with van der Waals surface area (Å²) in [5.41, 5.74) is 0.735. The van der Waals surface area contributed by atoms with Gasteiger partial charge < -0.3 is 15.4 Å². The standard InChI is InChI=1S/C14H24N4O2/c1-13(2)11(6-14(13,3)20-5)17-12(19)15-7-10-8-16-18(4)9-10/h8-9,11H,6-7H2,1-5H3,(H2,15,17,19). The molecule has 0 spiro atoms. The highest BCUT2D eigenvalue weighted by Gasteiger charge is 2.58. The Bertz CT molecular complexity index is 497. The number of carbonyl (C=O) groups is 1. The van der Waals surface area contributed by atoms with Crippen molar-refractivity contribution >= 4 is 6.03 Å². The van der Waals surface area contributed by atoms with Crippen LogP contribution in [0.5, 0.6) is 0 Å². The first kappa shape index (κ1) is 14.8. The van der Waals surface area contributed by atoms with Crippen LogP contribution in [0.1, 0.15) is 32.8 Å². The van der Waals surface area contributed by atoms with Gasteiger partial charge in [0.2, 0.25) is 0 Å². The molecule has 1 aliphatic rings. The first-order chi connectivity index (χ1) is 9.28. The average Bonchev–Trinajstić information content (AvgIpc) is 2.81. The molecule has 0 saturated heterocycles. The lowest BCUT2D eigenvalue weighted by Crippen LogP contribution is -2.69. The minimum atomic E-state index is -0.172. The molecule has 1 aromatic rings. The third-order valence-corrected chi connectivity index (χ3v) is 4.80. The van der Waals surface area contributed by atoms with Crippen LogP contribution in [0, 0.1) is 5.41 Å². The smallest absolute Gasteiger partial charge is 0.315 e. The number of amides is 2. The zero-order chi connectivity index (χ0) is 15.0. The van der Waals surface area contributed by atoms with E-state index < -0.39 is 0 Å². The van der Waals surface area contributed by atoms with Gasteiger partial charge in [-0.1, -0.05) is 13.8 Å². The van der Waals surface area contributed by atoms with Crippen LogP contribution in [0.25, 0.3) is 0 Å². The van der Waals surface area contributed by atoms with Gasteiger partial charge in [-0.3, -0.25) is 4.68 Å². The molecule has 1 saturated carbocycles. The topological polar surface area (TPSA) is 68.2 Å². The third kappa shape index (κ3) is 2.52. The van der Waals surface area contributed by atoms with Crippen molar-refractivity contribution < 1.29 is 9.53 Å². The zero-order valence-electron chi connectivity index (χ0n) is 12.9. The predicted octanol–water partition coefficient (Wildman–Crippen LogP) is 1.42. The van der Waals surface area contributed by atoms with Crippen molar-refractivity contribution in [2.24, 2.45) is 12.5 Å². The highest BCUT2D eigenvalue weighted by molar-refractivity contribution is 5.74. The molecular formula is C14H24N4O2.